The number of guanidine groups is 1. The number of piperazine rings is 1. The van der Waals surface area contributed by atoms with Gasteiger partial charge in [0.25, 0.3) is 0 Å². The van der Waals surface area contributed by atoms with Crippen molar-refractivity contribution in [1.82, 2.24) is 20.0 Å². The summed E-state index contributed by atoms with van der Waals surface area (Å²) in [5.74, 6) is 1.07. The Morgan fingerprint density at radius 3 is 2.48 bits per heavy atom. The summed E-state index contributed by atoms with van der Waals surface area (Å²) in [6, 6.07) is 11.4. The summed E-state index contributed by atoms with van der Waals surface area (Å²) in [4.78, 5) is 14.7. The molecule has 3 aliphatic rings. The van der Waals surface area contributed by atoms with Crippen LogP contribution in [0.15, 0.2) is 35.3 Å². The maximum absolute atomic E-state index is 5.50. The number of ether oxygens (including phenoxy) is 1. The SMILES string of the molecule is CN=C(NCCCN1CCN(c2ccccc2)CC1)N1CCC(N2CCOCC2)C1.I. The zero-order valence-corrected chi connectivity index (χ0v) is 21.2. The van der Waals surface area contributed by atoms with Gasteiger partial charge in [0, 0.05) is 77.7 Å². The van der Waals surface area contributed by atoms with Crippen LogP contribution in [0.25, 0.3) is 0 Å². The smallest absolute Gasteiger partial charge is 0.193 e. The lowest BCUT2D eigenvalue weighted by molar-refractivity contribution is 0.0195. The van der Waals surface area contributed by atoms with Crippen molar-refractivity contribution >= 4 is 35.6 Å². The number of likely N-dealkylation sites (tertiary alicyclic amines) is 1. The van der Waals surface area contributed by atoms with E-state index in [0.717, 1.165) is 91.0 Å². The molecule has 0 aliphatic carbocycles. The van der Waals surface area contributed by atoms with E-state index in [1.165, 1.54) is 12.1 Å². The number of aliphatic imine (C=N–C) groups is 1. The van der Waals surface area contributed by atoms with Crippen LogP contribution in [0.4, 0.5) is 5.69 Å². The minimum absolute atomic E-state index is 0. The molecule has 0 radical (unpaired) electrons. The van der Waals surface area contributed by atoms with Crippen LogP contribution in [0.1, 0.15) is 12.8 Å². The van der Waals surface area contributed by atoms with E-state index in [2.05, 4.69) is 60.2 Å². The minimum atomic E-state index is 0. The average Bonchev–Trinajstić information content (AvgIpc) is 3.31. The van der Waals surface area contributed by atoms with Gasteiger partial charge in [0.15, 0.2) is 5.96 Å². The highest BCUT2D eigenvalue weighted by molar-refractivity contribution is 14.0. The van der Waals surface area contributed by atoms with E-state index < -0.39 is 0 Å². The van der Waals surface area contributed by atoms with Crippen LogP contribution in [0.2, 0.25) is 0 Å². The Hall–Kier alpha value is -1.10. The van der Waals surface area contributed by atoms with Crippen LogP contribution in [0, 0.1) is 0 Å². The van der Waals surface area contributed by atoms with Crippen LogP contribution in [-0.2, 0) is 4.74 Å². The lowest BCUT2D eigenvalue weighted by Gasteiger charge is -2.36. The van der Waals surface area contributed by atoms with Gasteiger partial charge in [-0.3, -0.25) is 14.8 Å². The third-order valence-corrected chi connectivity index (χ3v) is 6.66. The largest absolute Gasteiger partial charge is 0.379 e. The summed E-state index contributed by atoms with van der Waals surface area (Å²) < 4.78 is 5.50. The summed E-state index contributed by atoms with van der Waals surface area (Å²) in [5.41, 5.74) is 1.35. The Bertz CT molecular complexity index is 661. The summed E-state index contributed by atoms with van der Waals surface area (Å²) in [7, 11) is 1.91. The molecule has 8 heteroatoms. The molecule has 3 aliphatic heterocycles. The zero-order valence-electron chi connectivity index (χ0n) is 18.9. The fourth-order valence-corrected chi connectivity index (χ4v) is 4.88. The number of morpholine rings is 1. The van der Waals surface area contributed by atoms with Crippen molar-refractivity contribution in [3.8, 4) is 0 Å². The van der Waals surface area contributed by atoms with Crippen molar-refractivity contribution in [2.75, 3.05) is 90.6 Å². The van der Waals surface area contributed by atoms with E-state index in [4.69, 9.17) is 4.74 Å². The van der Waals surface area contributed by atoms with Gasteiger partial charge >= 0.3 is 0 Å². The third kappa shape index (κ3) is 6.94. The van der Waals surface area contributed by atoms with E-state index in [1.54, 1.807) is 0 Å². The van der Waals surface area contributed by atoms with Crippen molar-refractivity contribution in [2.45, 2.75) is 18.9 Å². The number of nitrogens with one attached hydrogen (secondary N) is 1. The van der Waals surface area contributed by atoms with Crippen LogP contribution in [-0.4, -0.2) is 112 Å². The van der Waals surface area contributed by atoms with Gasteiger partial charge in [-0.1, -0.05) is 18.2 Å². The van der Waals surface area contributed by atoms with Gasteiger partial charge in [0.05, 0.1) is 13.2 Å². The summed E-state index contributed by atoms with van der Waals surface area (Å²) in [6.07, 6.45) is 2.39. The Labute approximate surface area is 204 Å². The number of hydrogen-bond donors (Lipinski definition) is 1. The Morgan fingerprint density at radius 2 is 1.77 bits per heavy atom. The lowest BCUT2D eigenvalue weighted by Crippen LogP contribution is -2.48. The normalized spacial score (nSPS) is 23.6. The molecule has 7 nitrogen and oxygen atoms in total. The number of rotatable bonds is 6. The topological polar surface area (TPSA) is 46.6 Å². The summed E-state index contributed by atoms with van der Waals surface area (Å²) in [5, 5.41) is 3.60. The molecule has 1 atom stereocenters. The van der Waals surface area contributed by atoms with Crippen molar-refractivity contribution < 1.29 is 4.74 Å². The fourth-order valence-electron chi connectivity index (χ4n) is 4.88. The molecule has 1 aromatic carbocycles. The molecular formula is C23H39IN6O. The maximum Gasteiger partial charge on any atom is 0.193 e. The average molecular weight is 543 g/mol. The Kier molecular flexibility index (Phi) is 10.1. The first kappa shape index (κ1) is 24.5. The van der Waals surface area contributed by atoms with Gasteiger partial charge in [0.2, 0.25) is 0 Å². The minimum Gasteiger partial charge on any atom is -0.379 e. The van der Waals surface area contributed by atoms with Gasteiger partial charge < -0.3 is 19.9 Å². The molecule has 3 saturated heterocycles. The lowest BCUT2D eigenvalue weighted by atomic mass is 10.2. The molecule has 0 spiro atoms. The Balaban J connectivity index is 0.00000272. The predicted molar refractivity (Wildman–Crippen MR) is 139 cm³/mol. The Morgan fingerprint density at radius 1 is 1.03 bits per heavy atom. The fraction of sp³-hybridized carbons (Fsp3) is 0.696. The van der Waals surface area contributed by atoms with Crippen LogP contribution in [0.5, 0.6) is 0 Å². The van der Waals surface area contributed by atoms with E-state index in [-0.39, 0.29) is 24.0 Å². The second-order valence-electron chi connectivity index (χ2n) is 8.53. The van der Waals surface area contributed by atoms with Crippen LogP contribution < -0.4 is 10.2 Å². The van der Waals surface area contributed by atoms with Crippen molar-refractivity contribution in [2.24, 2.45) is 4.99 Å². The van der Waals surface area contributed by atoms with E-state index in [9.17, 15) is 0 Å². The molecule has 3 fully saturated rings. The highest BCUT2D eigenvalue weighted by atomic mass is 127. The van der Waals surface area contributed by atoms with E-state index in [1.807, 2.05) is 7.05 Å². The molecule has 0 aromatic heterocycles. The molecule has 31 heavy (non-hydrogen) atoms. The van der Waals surface area contributed by atoms with Gasteiger partial charge in [-0.05, 0) is 31.5 Å². The molecular weight excluding hydrogens is 503 g/mol. The molecule has 3 heterocycles. The van der Waals surface area contributed by atoms with E-state index >= 15 is 0 Å². The molecule has 4 rings (SSSR count). The standard InChI is InChI=1S/C23H38N6O.HI/c1-24-23(29-11-8-22(20-29)28-16-18-30-19-17-28)25-9-5-10-26-12-14-27(15-13-26)21-6-3-2-4-7-21;/h2-4,6-7,22H,5,8-20H2,1H3,(H,24,25);1H. The van der Waals surface area contributed by atoms with Gasteiger partial charge in [-0.15, -0.1) is 24.0 Å². The molecule has 0 amide bonds. The summed E-state index contributed by atoms with van der Waals surface area (Å²) in [6.45, 7) is 12.8. The van der Waals surface area contributed by atoms with Gasteiger partial charge in [-0.2, -0.15) is 0 Å². The first-order valence-corrected chi connectivity index (χ1v) is 11.6. The predicted octanol–water partition coefficient (Wildman–Crippen LogP) is 1.80. The number of halogens is 1. The summed E-state index contributed by atoms with van der Waals surface area (Å²) >= 11 is 0. The van der Waals surface area contributed by atoms with E-state index in [0.29, 0.717) is 6.04 Å². The number of benzene rings is 1. The number of anilines is 1. The van der Waals surface area contributed by atoms with Crippen LogP contribution in [0.3, 0.4) is 0 Å². The molecule has 1 aromatic rings. The number of para-hydroxylation sites is 1. The highest BCUT2D eigenvalue weighted by Gasteiger charge is 2.30. The molecule has 1 N–H and O–H groups in total. The quantitative estimate of drug-likeness (QED) is 0.256. The molecule has 0 bridgehead atoms. The monoisotopic (exact) mass is 542 g/mol. The number of hydrogen-bond acceptors (Lipinski definition) is 5. The zero-order chi connectivity index (χ0) is 20.6. The van der Waals surface area contributed by atoms with Crippen molar-refractivity contribution in [3.63, 3.8) is 0 Å². The number of nitrogens with zero attached hydrogens (tertiary/aromatic N) is 5. The van der Waals surface area contributed by atoms with Crippen molar-refractivity contribution in [3.05, 3.63) is 30.3 Å². The molecule has 0 saturated carbocycles. The molecule has 1 unspecified atom stereocenters. The van der Waals surface area contributed by atoms with Gasteiger partial charge in [-0.25, -0.2) is 0 Å². The van der Waals surface area contributed by atoms with Crippen LogP contribution >= 0.6 is 24.0 Å². The second-order valence-corrected chi connectivity index (χ2v) is 8.53. The van der Waals surface area contributed by atoms with Gasteiger partial charge in [0.1, 0.15) is 0 Å². The third-order valence-electron chi connectivity index (χ3n) is 6.66. The first-order valence-electron chi connectivity index (χ1n) is 11.6. The molecule has 174 valence electrons. The second kappa shape index (κ2) is 12.8. The first-order chi connectivity index (χ1) is 14.8. The highest BCUT2D eigenvalue weighted by Crippen LogP contribution is 2.17. The van der Waals surface area contributed by atoms with Crippen molar-refractivity contribution in [1.29, 1.82) is 0 Å². The maximum atomic E-state index is 5.50.